The van der Waals surface area contributed by atoms with Crippen LogP contribution in [0.5, 0.6) is 0 Å². The van der Waals surface area contributed by atoms with Crippen LogP contribution >= 0.6 is 0 Å². The minimum Gasteiger partial charge on any atom is -0.369 e. The molecule has 3 N–H and O–H groups in total. The number of aromatic nitrogens is 3. The van der Waals surface area contributed by atoms with Gasteiger partial charge in [0, 0.05) is 24.2 Å². The number of nitrogens with two attached hydrogens (primary N) is 1. The lowest BCUT2D eigenvalue weighted by atomic mass is 10.1. The minimum absolute atomic E-state index is 0.184. The molecule has 0 aliphatic carbocycles. The van der Waals surface area contributed by atoms with E-state index in [2.05, 4.69) is 22.3 Å². The van der Waals surface area contributed by atoms with Crippen molar-refractivity contribution in [1.82, 2.24) is 14.6 Å². The van der Waals surface area contributed by atoms with Crippen LogP contribution < -0.4 is 11.1 Å². The third-order valence-corrected chi connectivity index (χ3v) is 3.77. The van der Waals surface area contributed by atoms with Crippen LogP contribution in [0.3, 0.4) is 0 Å². The maximum absolute atomic E-state index is 14.0. The van der Waals surface area contributed by atoms with Crippen molar-refractivity contribution in [3.05, 3.63) is 47.9 Å². The molecule has 1 aromatic carbocycles. The summed E-state index contributed by atoms with van der Waals surface area (Å²) in [6.45, 7) is 3.20. The number of hydrogen-bond acceptors (Lipinski definition) is 4. The summed E-state index contributed by atoms with van der Waals surface area (Å²) in [5, 5.41) is 7.84. The van der Waals surface area contributed by atoms with Crippen molar-refractivity contribution in [1.29, 1.82) is 0 Å². The summed E-state index contributed by atoms with van der Waals surface area (Å²) in [7, 11) is 0. The number of rotatable bonds is 6. The van der Waals surface area contributed by atoms with E-state index in [0.717, 1.165) is 42.1 Å². The molecule has 0 aliphatic heterocycles. The Kier molecular flexibility index (Phi) is 4.52. The lowest BCUT2D eigenvalue weighted by Gasteiger charge is -2.07. The van der Waals surface area contributed by atoms with Crippen molar-refractivity contribution in [3.63, 3.8) is 0 Å². The predicted octanol–water partition coefficient (Wildman–Crippen LogP) is 3.21. The van der Waals surface area contributed by atoms with Crippen molar-refractivity contribution >= 4 is 11.5 Å². The van der Waals surface area contributed by atoms with Gasteiger partial charge < -0.3 is 11.1 Å². The summed E-state index contributed by atoms with van der Waals surface area (Å²) in [5.41, 5.74) is 8.21. The number of anilines is 1. The zero-order chi connectivity index (χ0) is 16.2. The van der Waals surface area contributed by atoms with E-state index in [9.17, 15) is 4.39 Å². The molecule has 23 heavy (non-hydrogen) atoms. The SMILES string of the molecule is CCCCNc1ccc2ncc(-c3ccc(CN)c(F)c3)n2n1. The number of fused-ring (bicyclic) bond motifs is 1. The average molecular weight is 313 g/mol. The largest absolute Gasteiger partial charge is 0.369 e. The Labute approximate surface area is 134 Å². The number of imidazole rings is 1. The molecule has 3 rings (SSSR count). The van der Waals surface area contributed by atoms with Gasteiger partial charge >= 0.3 is 0 Å². The molecule has 120 valence electrons. The zero-order valence-electron chi connectivity index (χ0n) is 13.1. The maximum atomic E-state index is 14.0. The van der Waals surface area contributed by atoms with Gasteiger partial charge in [-0.05, 0) is 24.6 Å². The van der Waals surface area contributed by atoms with Gasteiger partial charge in [-0.3, -0.25) is 0 Å². The molecule has 5 nitrogen and oxygen atoms in total. The van der Waals surface area contributed by atoms with Crippen LogP contribution in [0, 0.1) is 5.82 Å². The van der Waals surface area contributed by atoms with Crippen LogP contribution in [0.15, 0.2) is 36.5 Å². The highest BCUT2D eigenvalue weighted by Crippen LogP contribution is 2.23. The molecule has 0 unspecified atom stereocenters. The Balaban J connectivity index is 1.97. The van der Waals surface area contributed by atoms with Crippen molar-refractivity contribution in [3.8, 4) is 11.3 Å². The Morgan fingerprint density at radius 3 is 2.87 bits per heavy atom. The van der Waals surface area contributed by atoms with Gasteiger partial charge in [0.05, 0.1) is 11.9 Å². The molecule has 3 aromatic rings. The second-order valence-electron chi connectivity index (χ2n) is 5.42. The highest BCUT2D eigenvalue weighted by atomic mass is 19.1. The molecule has 0 saturated carbocycles. The molecule has 0 spiro atoms. The number of hydrogen-bond donors (Lipinski definition) is 2. The molecule has 0 atom stereocenters. The molecule has 0 fully saturated rings. The number of nitrogens with one attached hydrogen (secondary N) is 1. The fourth-order valence-electron chi connectivity index (χ4n) is 2.43. The summed E-state index contributed by atoms with van der Waals surface area (Å²) >= 11 is 0. The van der Waals surface area contributed by atoms with Crippen LogP contribution in [0.25, 0.3) is 16.9 Å². The van der Waals surface area contributed by atoms with Gasteiger partial charge in [-0.1, -0.05) is 25.5 Å². The van der Waals surface area contributed by atoms with E-state index >= 15 is 0 Å². The van der Waals surface area contributed by atoms with Crippen LogP contribution in [0.2, 0.25) is 0 Å². The summed E-state index contributed by atoms with van der Waals surface area (Å²) < 4.78 is 15.7. The molecule has 0 radical (unpaired) electrons. The van der Waals surface area contributed by atoms with E-state index in [1.54, 1.807) is 16.8 Å². The number of nitrogens with zero attached hydrogens (tertiary/aromatic N) is 3. The van der Waals surface area contributed by atoms with E-state index in [-0.39, 0.29) is 12.4 Å². The average Bonchev–Trinajstić information content (AvgIpc) is 2.98. The summed E-state index contributed by atoms with van der Waals surface area (Å²) in [5.74, 6) is 0.474. The van der Waals surface area contributed by atoms with Gasteiger partial charge in [0.1, 0.15) is 11.6 Å². The summed E-state index contributed by atoms with van der Waals surface area (Å²) in [6.07, 6.45) is 3.91. The Hall–Kier alpha value is -2.47. The first-order valence-electron chi connectivity index (χ1n) is 7.80. The van der Waals surface area contributed by atoms with Gasteiger partial charge in [0.2, 0.25) is 0 Å². The van der Waals surface area contributed by atoms with E-state index in [4.69, 9.17) is 5.73 Å². The minimum atomic E-state index is -0.308. The first-order valence-corrected chi connectivity index (χ1v) is 7.80. The molecular formula is C17H20FN5. The Bertz CT molecular complexity index is 812. The van der Waals surface area contributed by atoms with Crippen molar-refractivity contribution < 1.29 is 4.39 Å². The predicted molar refractivity (Wildman–Crippen MR) is 89.7 cm³/mol. The molecule has 2 aromatic heterocycles. The molecule has 2 heterocycles. The van der Waals surface area contributed by atoms with Crippen LogP contribution in [-0.4, -0.2) is 21.1 Å². The Morgan fingerprint density at radius 2 is 2.13 bits per heavy atom. The quantitative estimate of drug-likeness (QED) is 0.686. The van der Waals surface area contributed by atoms with Crippen molar-refractivity contribution in [2.24, 2.45) is 5.73 Å². The fourth-order valence-corrected chi connectivity index (χ4v) is 2.43. The topological polar surface area (TPSA) is 68.2 Å². The smallest absolute Gasteiger partial charge is 0.154 e. The third kappa shape index (κ3) is 3.17. The second-order valence-corrected chi connectivity index (χ2v) is 5.42. The molecule has 0 saturated heterocycles. The number of unbranched alkanes of at least 4 members (excludes halogenated alkanes) is 1. The van der Waals surface area contributed by atoms with Crippen molar-refractivity contribution in [2.45, 2.75) is 26.3 Å². The lowest BCUT2D eigenvalue weighted by Crippen LogP contribution is -2.06. The highest BCUT2D eigenvalue weighted by Gasteiger charge is 2.10. The molecule has 0 aliphatic rings. The molecular weight excluding hydrogens is 293 g/mol. The number of benzene rings is 1. The third-order valence-electron chi connectivity index (χ3n) is 3.77. The first-order chi connectivity index (χ1) is 11.2. The van der Waals surface area contributed by atoms with E-state index < -0.39 is 0 Å². The fraction of sp³-hybridized carbons (Fsp3) is 0.294. The van der Waals surface area contributed by atoms with Gasteiger partial charge in [-0.2, -0.15) is 0 Å². The van der Waals surface area contributed by atoms with Crippen molar-refractivity contribution in [2.75, 3.05) is 11.9 Å². The first kappa shape index (κ1) is 15.4. The maximum Gasteiger partial charge on any atom is 0.154 e. The van der Waals surface area contributed by atoms with Gasteiger partial charge in [-0.25, -0.2) is 13.9 Å². The second kappa shape index (κ2) is 6.75. The van der Waals surface area contributed by atoms with Gasteiger partial charge in [0.15, 0.2) is 5.65 Å². The van der Waals surface area contributed by atoms with E-state index in [0.29, 0.717) is 5.56 Å². The lowest BCUT2D eigenvalue weighted by molar-refractivity contribution is 0.611. The standard InChI is InChI=1S/C17H20FN5/c1-2-3-8-20-16-6-7-17-21-11-15(23(17)22-16)12-4-5-13(10-19)14(18)9-12/h4-7,9,11H,2-3,8,10,19H2,1H3,(H,20,22). The summed E-state index contributed by atoms with van der Waals surface area (Å²) in [4.78, 5) is 4.33. The Morgan fingerprint density at radius 1 is 1.26 bits per heavy atom. The van der Waals surface area contributed by atoms with Gasteiger partial charge in [-0.15, -0.1) is 5.10 Å². The van der Waals surface area contributed by atoms with Crippen LogP contribution in [-0.2, 0) is 6.54 Å². The monoisotopic (exact) mass is 313 g/mol. The molecule has 0 bridgehead atoms. The summed E-state index contributed by atoms with van der Waals surface area (Å²) in [6, 6.07) is 8.82. The zero-order valence-corrected chi connectivity index (χ0v) is 13.1. The molecule has 0 amide bonds. The van der Waals surface area contributed by atoms with Crippen LogP contribution in [0.4, 0.5) is 10.2 Å². The van der Waals surface area contributed by atoms with Gasteiger partial charge in [0.25, 0.3) is 0 Å². The number of halogens is 1. The van der Waals surface area contributed by atoms with E-state index in [1.807, 2.05) is 18.2 Å². The normalized spacial score (nSPS) is 11.1. The van der Waals surface area contributed by atoms with E-state index in [1.165, 1.54) is 6.07 Å². The molecule has 6 heteroatoms. The van der Waals surface area contributed by atoms with Crippen LogP contribution in [0.1, 0.15) is 25.3 Å². The highest BCUT2D eigenvalue weighted by molar-refractivity contribution is 5.64.